The van der Waals surface area contributed by atoms with E-state index in [2.05, 4.69) is 4.90 Å². The number of aliphatic hydroxyl groups excluding tert-OH is 2. The third-order valence-electron chi connectivity index (χ3n) is 9.70. The predicted molar refractivity (Wildman–Crippen MR) is 137 cm³/mol. The molecule has 4 N–H and O–H groups in total. The van der Waals surface area contributed by atoms with Crippen molar-refractivity contribution < 1.29 is 39.2 Å². The smallest absolute Gasteiger partial charge is 0.209 e. The van der Waals surface area contributed by atoms with Gasteiger partial charge in [-0.3, -0.25) is 24.2 Å². The van der Waals surface area contributed by atoms with Gasteiger partial charge in [0.05, 0.1) is 11.6 Å². The first-order valence-electron chi connectivity index (χ1n) is 13.5. The van der Waals surface area contributed by atoms with Gasteiger partial charge in [-0.1, -0.05) is 12.8 Å². The molecule has 1 aliphatic heterocycles. The molecule has 0 spiro atoms. The second-order valence-corrected chi connectivity index (χ2v) is 12.0. The molecule has 1 aromatic rings. The molecular formula is C29H33FN2O7. The summed E-state index contributed by atoms with van der Waals surface area (Å²) < 4.78 is 16.0. The Morgan fingerprint density at radius 1 is 1.05 bits per heavy atom. The van der Waals surface area contributed by atoms with E-state index in [1.54, 1.807) is 14.1 Å². The van der Waals surface area contributed by atoms with Crippen LogP contribution in [0.4, 0.5) is 4.39 Å². The number of halogens is 1. The predicted octanol–water partition coefficient (Wildman–Crippen LogP) is 2.62. The van der Waals surface area contributed by atoms with Gasteiger partial charge in [0.1, 0.15) is 28.7 Å². The second kappa shape index (κ2) is 8.71. The Morgan fingerprint density at radius 2 is 1.69 bits per heavy atom. The van der Waals surface area contributed by atoms with E-state index in [1.165, 1.54) is 4.90 Å². The van der Waals surface area contributed by atoms with Crippen LogP contribution in [0.3, 0.4) is 0 Å². The number of fused-ring (bicyclic) bond motifs is 4. The molecule has 1 fully saturated rings. The van der Waals surface area contributed by atoms with Crippen molar-refractivity contribution in [2.24, 2.45) is 11.8 Å². The summed E-state index contributed by atoms with van der Waals surface area (Å²) in [6, 6.07) is -0.717. The number of Topliss-reactive ketones (excluding diaryl/α,β-unsaturated/α-hetero) is 3. The van der Waals surface area contributed by atoms with Crippen LogP contribution in [0.5, 0.6) is 5.75 Å². The van der Waals surface area contributed by atoms with Gasteiger partial charge in [-0.25, -0.2) is 4.39 Å². The highest BCUT2D eigenvalue weighted by atomic mass is 19.1. The summed E-state index contributed by atoms with van der Waals surface area (Å²) in [6.45, 7) is 1.75. The van der Waals surface area contributed by atoms with Gasteiger partial charge in [0.25, 0.3) is 0 Å². The average molecular weight is 541 g/mol. The molecule has 4 atom stereocenters. The third-order valence-corrected chi connectivity index (χ3v) is 9.70. The van der Waals surface area contributed by atoms with Gasteiger partial charge in [0, 0.05) is 47.3 Å². The highest BCUT2D eigenvalue weighted by Crippen LogP contribution is 2.53. The SMILES string of the molecule is CC(=O)C1=C(O)[C@@H](N(C)C)[C@@H]2C[C@@H]3Cc4c(F)c5c(c(O)c4C(=O)C3=C(O)[C@]2(O)C1=O)CN(C1CCCC1)C5. The van der Waals surface area contributed by atoms with Crippen molar-refractivity contribution in [3.05, 3.63) is 50.7 Å². The van der Waals surface area contributed by atoms with E-state index in [0.29, 0.717) is 30.3 Å². The quantitative estimate of drug-likeness (QED) is 0.426. The molecule has 6 rings (SSSR count). The second-order valence-electron chi connectivity index (χ2n) is 12.0. The summed E-state index contributed by atoms with van der Waals surface area (Å²) >= 11 is 0. The summed E-state index contributed by atoms with van der Waals surface area (Å²) in [4.78, 5) is 43.3. The van der Waals surface area contributed by atoms with Crippen LogP contribution in [0.1, 0.15) is 66.1 Å². The first-order chi connectivity index (χ1) is 18.4. The topological polar surface area (TPSA) is 139 Å². The number of allylic oxidation sites excluding steroid dienone is 1. The third kappa shape index (κ3) is 3.37. The molecule has 39 heavy (non-hydrogen) atoms. The number of aliphatic hydroxyl groups is 3. The molecule has 5 aliphatic rings. The molecule has 10 heteroatoms. The minimum atomic E-state index is -2.63. The van der Waals surface area contributed by atoms with Crippen molar-refractivity contribution >= 4 is 17.3 Å². The number of hydrogen-bond donors (Lipinski definition) is 4. The summed E-state index contributed by atoms with van der Waals surface area (Å²) in [5, 5.41) is 45.3. The number of phenols is 1. The molecule has 0 saturated heterocycles. The van der Waals surface area contributed by atoms with Crippen LogP contribution in [0.2, 0.25) is 0 Å². The number of aromatic hydroxyl groups is 1. The summed E-state index contributed by atoms with van der Waals surface area (Å²) in [7, 11) is 3.20. The van der Waals surface area contributed by atoms with Crippen LogP contribution >= 0.6 is 0 Å². The Balaban J connectivity index is 1.48. The summed E-state index contributed by atoms with van der Waals surface area (Å²) in [6.07, 6.45) is 4.15. The Bertz CT molecular complexity index is 1410. The van der Waals surface area contributed by atoms with Gasteiger partial charge in [0.15, 0.2) is 17.2 Å². The first kappa shape index (κ1) is 26.2. The Labute approximate surface area is 225 Å². The molecule has 0 bridgehead atoms. The zero-order chi connectivity index (χ0) is 28.1. The monoisotopic (exact) mass is 540 g/mol. The van der Waals surface area contributed by atoms with Gasteiger partial charge >= 0.3 is 0 Å². The van der Waals surface area contributed by atoms with Gasteiger partial charge in [-0.05, 0) is 52.6 Å². The first-order valence-corrected chi connectivity index (χ1v) is 13.5. The van der Waals surface area contributed by atoms with E-state index >= 15 is 4.39 Å². The largest absolute Gasteiger partial charge is 0.510 e. The molecule has 4 aliphatic carbocycles. The number of carbonyl (C=O) groups excluding carboxylic acids is 3. The van der Waals surface area contributed by atoms with E-state index in [4.69, 9.17) is 0 Å². The fourth-order valence-electron chi connectivity index (χ4n) is 7.87. The number of hydrogen-bond acceptors (Lipinski definition) is 9. The molecule has 0 radical (unpaired) electrons. The number of carbonyl (C=O) groups is 3. The number of nitrogens with zero attached hydrogens (tertiary/aromatic N) is 2. The lowest BCUT2D eigenvalue weighted by Crippen LogP contribution is -2.63. The van der Waals surface area contributed by atoms with Crippen molar-refractivity contribution in [1.82, 2.24) is 9.80 Å². The van der Waals surface area contributed by atoms with Crippen molar-refractivity contribution in [3.63, 3.8) is 0 Å². The zero-order valence-electron chi connectivity index (χ0n) is 22.3. The molecule has 9 nitrogen and oxygen atoms in total. The van der Waals surface area contributed by atoms with Crippen LogP contribution in [0.25, 0.3) is 0 Å². The van der Waals surface area contributed by atoms with E-state index in [1.807, 2.05) is 0 Å². The maximum absolute atomic E-state index is 16.0. The molecule has 0 aromatic heterocycles. The molecule has 1 heterocycles. The number of phenolic OH excluding ortho intramolecular Hbond substituents is 1. The fourth-order valence-corrected chi connectivity index (χ4v) is 7.87. The normalized spacial score (nSPS) is 31.1. The van der Waals surface area contributed by atoms with E-state index in [9.17, 15) is 34.8 Å². The maximum atomic E-state index is 16.0. The molecule has 0 unspecified atom stereocenters. The number of ketones is 3. The Morgan fingerprint density at radius 3 is 2.31 bits per heavy atom. The lowest BCUT2D eigenvalue weighted by atomic mass is 9.58. The highest BCUT2D eigenvalue weighted by molar-refractivity contribution is 6.25. The lowest BCUT2D eigenvalue weighted by Gasteiger charge is -2.50. The lowest BCUT2D eigenvalue weighted by molar-refractivity contribution is -0.148. The maximum Gasteiger partial charge on any atom is 0.209 e. The van der Waals surface area contributed by atoms with Crippen LogP contribution in [0, 0.1) is 17.7 Å². The molecular weight excluding hydrogens is 507 g/mol. The molecule has 0 amide bonds. The highest BCUT2D eigenvalue weighted by Gasteiger charge is 2.63. The summed E-state index contributed by atoms with van der Waals surface area (Å²) in [5.74, 6) is -6.89. The molecule has 208 valence electrons. The summed E-state index contributed by atoms with van der Waals surface area (Å²) in [5.41, 5.74) is -2.92. The van der Waals surface area contributed by atoms with Crippen LogP contribution in [-0.2, 0) is 29.1 Å². The molecule has 1 aromatic carbocycles. The van der Waals surface area contributed by atoms with E-state index in [-0.39, 0.29) is 35.3 Å². The zero-order valence-corrected chi connectivity index (χ0v) is 22.3. The van der Waals surface area contributed by atoms with E-state index < -0.39 is 63.7 Å². The number of rotatable bonds is 3. The molecule has 1 saturated carbocycles. The minimum Gasteiger partial charge on any atom is -0.510 e. The number of likely N-dealkylation sites (N-methyl/N-ethyl adjacent to an activating group) is 1. The standard InChI is InChI=1S/C29H33FN2O7/c1-12(33)19-26(36)23(31(2)3)18-9-13-8-15-21(25(35)20(13)28(38)29(18,39)27(19)37)24(34)17-11-32(10-16(17)22(15)30)14-6-4-5-7-14/h13-14,18,23,34,36,38-39H,4-11H2,1-3H3/t13-,18-,23-,29+/m0/s1. The minimum absolute atomic E-state index is 0.0263. The van der Waals surface area contributed by atoms with Gasteiger partial charge in [-0.15, -0.1) is 0 Å². The van der Waals surface area contributed by atoms with Crippen molar-refractivity contribution in [3.8, 4) is 5.75 Å². The van der Waals surface area contributed by atoms with Crippen LogP contribution in [0.15, 0.2) is 22.7 Å². The average Bonchev–Trinajstić information content (AvgIpc) is 3.55. The van der Waals surface area contributed by atoms with Gasteiger partial charge in [-0.2, -0.15) is 0 Å². The fraction of sp³-hybridized carbons (Fsp3) is 0.552. The van der Waals surface area contributed by atoms with Crippen LogP contribution < -0.4 is 0 Å². The van der Waals surface area contributed by atoms with E-state index in [0.717, 1.165) is 32.6 Å². The van der Waals surface area contributed by atoms with Crippen molar-refractivity contribution in [2.45, 2.75) is 76.2 Å². The van der Waals surface area contributed by atoms with Gasteiger partial charge < -0.3 is 20.4 Å². The Kier molecular flexibility index (Phi) is 5.84. The number of benzene rings is 1. The van der Waals surface area contributed by atoms with Crippen molar-refractivity contribution in [1.29, 1.82) is 0 Å². The van der Waals surface area contributed by atoms with Crippen molar-refractivity contribution in [2.75, 3.05) is 14.1 Å². The van der Waals surface area contributed by atoms with Gasteiger partial charge in [0.2, 0.25) is 5.78 Å². The Hall–Kier alpha value is -3.08. The van der Waals surface area contributed by atoms with Crippen LogP contribution in [-0.4, -0.2) is 79.4 Å².